The molecule has 1 aromatic heterocycles. The number of halogens is 1. The first-order chi connectivity index (χ1) is 7.36. The molecule has 0 aliphatic rings. The van der Waals surface area contributed by atoms with Crippen molar-refractivity contribution in [3.05, 3.63) is 42.3 Å². The maximum atomic E-state index is 12.6. The molecule has 3 heteroatoms. The molecule has 0 bridgehead atoms. The molecule has 0 aliphatic carbocycles. The van der Waals surface area contributed by atoms with Crippen LogP contribution in [0, 0.1) is 5.82 Å². The van der Waals surface area contributed by atoms with Crippen LogP contribution in [0.2, 0.25) is 0 Å². The number of aromatic nitrogens is 1. The molecule has 1 N–H and O–H groups in total. The van der Waals surface area contributed by atoms with Gasteiger partial charge in [-0.15, -0.1) is 0 Å². The highest BCUT2D eigenvalue weighted by atomic mass is 19.1. The van der Waals surface area contributed by atoms with E-state index in [0.29, 0.717) is 5.52 Å². The molecule has 0 fully saturated rings. The van der Waals surface area contributed by atoms with Crippen molar-refractivity contribution in [2.75, 3.05) is 7.11 Å². The first kappa shape index (κ1) is 13.5. The molecule has 2 aromatic rings. The van der Waals surface area contributed by atoms with Gasteiger partial charge in [0.25, 0.3) is 0 Å². The number of pyridine rings is 1. The zero-order valence-electron chi connectivity index (χ0n) is 9.24. The molecule has 0 atom stereocenters. The highest BCUT2D eigenvalue weighted by Gasteiger charge is 1.93. The Morgan fingerprint density at radius 3 is 2.47 bits per heavy atom. The van der Waals surface area contributed by atoms with Crippen molar-refractivity contribution in [3.8, 4) is 0 Å². The zero-order valence-corrected chi connectivity index (χ0v) is 9.24. The highest BCUT2D eigenvalue weighted by molar-refractivity contribution is 5.77. The molecule has 2 rings (SSSR count). The molecule has 0 spiro atoms. The molecule has 0 saturated carbocycles. The van der Waals surface area contributed by atoms with Crippen LogP contribution in [0.1, 0.15) is 13.8 Å². The molecular formula is C12H16FNO. The Hall–Kier alpha value is -1.48. The van der Waals surface area contributed by atoms with Gasteiger partial charge in [0.1, 0.15) is 5.82 Å². The van der Waals surface area contributed by atoms with Crippen molar-refractivity contribution in [1.29, 1.82) is 0 Å². The number of fused-ring (bicyclic) bond motifs is 1. The molecule has 0 unspecified atom stereocenters. The highest BCUT2D eigenvalue weighted by Crippen LogP contribution is 2.11. The lowest BCUT2D eigenvalue weighted by Gasteiger charge is -1.93. The Kier molecular flexibility index (Phi) is 7.10. The van der Waals surface area contributed by atoms with Gasteiger partial charge in [-0.25, -0.2) is 4.39 Å². The molecule has 82 valence electrons. The number of hydrogen-bond donors (Lipinski definition) is 1. The van der Waals surface area contributed by atoms with E-state index in [1.807, 2.05) is 26.0 Å². The third-order valence-corrected chi connectivity index (χ3v) is 1.57. The van der Waals surface area contributed by atoms with Gasteiger partial charge in [-0.3, -0.25) is 4.98 Å². The maximum Gasteiger partial charge on any atom is 0.125 e. The van der Waals surface area contributed by atoms with Crippen LogP contribution in [-0.2, 0) is 0 Å². The average Bonchev–Trinajstić information content (AvgIpc) is 2.34. The summed E-state index contributed by atoms with van der Waals surface area (Å²) in [6.07, 6.45) is 1.65. The van der Waals surface area contributed by atoms with Gasteiger partial charge in [-0.2, -0.15) is 0 Å². The van der Waals surface area contributed by atoms with Crippen molar-refractivity contribution in [1.82, 2.24) is 4.98 Å². The van der Waals surface area contributed by atoms with Crippen LogP contribution >= 0.6 is 0 Å². The molecule has 15 heavy (non-hydrogen) atoms. The second kappa shape index (κ2) is 7.88. The fraction of sp³-hybridized carbons (Fsp3) is 0.250. The van der Waals surface area contributed by atoms with Gasteiger partial charge in [0.2, 0.25) is 0 Å². The van der Waals surface area contributed by atoms with Gasteiger partial charge in [0, 0.05) is 24.8 Å². The lowest BCUT2D eigenvalue weighted by molar-refractivity contribution is 0.399. The lowest BCUT2D eigenvalue weighted by Crippen LogP contribution is -1.78. The van der Waals surface area contributed by atoms with E-state index >= 15 is 0 Å². The third-order valence-electron chi connectivity index (χ3n) is 1.57. The number of aliphatic hydroxyl groups excluding tert-OH is 1. The fourth-order valence-electron chi connectivity index (χ4n) is 1.04. The second-order valence-corrected chi connectivity index (χ2v) is 2.34. The van der Waals surface area contributed by atoms with Crippen molar-refractivity contribution in [3.63, 3.8) is 0 Å². The molecule has 0 aliphatic heterocycles. The topological polar surface area (TPSA) is 33.1 Å². The van der Waals surface area contributed by atoms with E-state index in [1.165, 1.54) is 12.1 Å². The number of benzene rings is 1. The third kappa shape index (κ3) is 4.04. The summed E-state index contributed by atoms with van der Waals surface area (Å²) in [5.74, 6) is -0.240. The van der Waals surface area contributed by atoms with E-state index < -0.39 is 0 Å². The van der Waals surface area contributed by atoms with Crippen LogP contribution in [-0.4, -0.2) is 17.2 Å². The van der Waals surface area contributed by atoms with Gasteiger partial charge in [0.05, 0.1) is 5.52 Å². The Balaban J connectivity index is 0.000000442. The monoisotopic (exact) mass is 209 g/mol. The van der Waals surface area contributed by atoms with Crippen LogP contribution in [0.25, 0.3) is 10.9 Å². The Morgan fingerprint density at radius 2 is 1.80 bits per heavy atom. The van der Waals surface area contributed by atoms with Crippen molar-refractivity contribution in [2.24, 2.45) is 0 Å². The Morgan fingerprint density at radius 1 is 1.13 bits per heavy atom. The van der Waals surface area contributed by atoms with Crippen LogP contribution in [0.15, 0.2) is 36.5 Å². The second-order valence-electron chi connectivity index (χ2n) is 2.34. The van der Waals surface area contributed by atoms with E-state index in [0.717, 1.165) is 12.5 Å². The molecule has 1 aromatic carbocycles. The Bertz CT molecular complexity index is 390. The first-order valence-electron chi connectivity index (χ1n) is 4.81. The minimum atomic E-state index is -0.240. The van der Waals surface area contributed by atoms with Crippen molar-refractivity contribution < 1.29 is 9.50 Å². The first-order valence-corrected chi connectivity index (χ1v) is 4.81. The summed E-state index contributed by atoms with van der Waals surface area (Å²) in [7, 11) is 1.00. The fourth-order valence-corrected chi connectivity index (χ4v) is 1.04. The average molecular weight is 209 g/mol. The standard InChI is InChI=1S/C9H6FN.C2H6.CH4O/c10-8-4-3-7-2-1-5-11-9(7)6-8;2*1-2/h1-6H;1-2H3;2H,1H3. The van der Waals surface area contributed by atoms with Crippen molar-refractivity contribution >= 4 is 10.9 Å². The zero-order chi connectivity index (χ0) is 11.7. The number of hydrogen-bond acceptors (Lipinski definition) is 2. The molecular weight excluding hydrogens is 193 g/mol. The van der Waals surface area contributed by atoms with E-state index in [-0.39, 0.29) is 5.82 Å². The lowest BCUT2D eigenvalue weighted by atomic mass is 10.2. The SMILES string of the molecule is CC.CO.Fc1ccc2cccnc2c1. The maximum absolute atomic E-state index is 12.6. The van der Waals surface area contributed by atoms with Crippen LogP contribution in [0.4, 0.5) is 4.39 Å². The molecule has 2 nitrogen and oxygen atoms in total. The van der Waals surface area contributed by atoms with Gasteiger partial charge in [-0.05, 0) is 18.2 Å². The number of aliphatic hydroxyl groups is 1. The van der Waals surface area contributed by atoms with Crippen LogP contribution in [0.5, 0.6) is 0 Å². The van der Waals surface area contributed by atoms with E-state index in [9.17, 15) is 4.39 Å². The summed E-state index contributed by atoms with van der Waals surface area (Å²) >= 11 is 0. The predicted molar refractivity (Wildman–Crippen MR) is 61.2 cm³/mol. The molecule has 0 saturated heterocycles. The van der Waals surface area contributed by atoms with E-state index in [2.05, 4.69) is 4.98 Å². The minimum Gasteiger partial charge on any atom is -0.400 e. The summed E-state index contributed by atoms with van der Waals surface area (Å²) in [6.45, 7) is 4.00. The van der Waals surface area contributed by atoms with E-state index in [1.54, 1.807) is 12.3 Å². The smallest absolute Gasteiger partial charge is 0.125 e. The number of rotatable bonds is 0. The quantitative estimate of drug-likeness (QED) is 0.723. The Labute approximate surface area is 89.4 Å². The summed E-state index contributed by atoms with van der Waals surface area (Å²) in [6, 6.07) is 8.32. The minimum absolute atomic E-state index is 0.240. The molecule has 0 radical (unpaired) electrons. The van der Waals surface area contributed by atoms with Crippen LogP contribution in [0.3, 0.4) is 0 Å². The summed E-state index contributed by atoms with van der Waals surface area (Å²) in [5, 5.41) is 7.97. The van der Waals surface area contributed by atoms with Crippen LogP contribution < -0.4 is 0 Å². The van der Waals surface area contributed by atoms with Gasteiger partial charge < -0.3 is 5.11 Å². The number of nitrogens with zero attached hydrogens (tertiary/aromatic N) is 1. The van der Waals surface area contributed by atoms with Gasteiger partial charge in [-0.1, -0.05) is 19.9 Å². The summed E-state index contributed by atoms with van der Waals surface area (Å²) in [4.78, 5) is 4.00. The predicted octanol–water partition coefficient (Wildman–Crippen LogP) is 3.01. The van der Waals surface area contributed by atoms with Gasteiger partial charge in [0.15, 0.2) is 0 Å². The largest absolute Gasteiger partial charge is 0.400 e. The summed E-state index contributed by atoms with van der Waals surface area (Å²) in [5.41, 5.74) is 0.701. The molecule has 0 amide bonds. The normalized spacial score (nSPS) is 8.33. The summed E-state index contributed by atoms with van der Waals surface area (Å²) < 4.78 is 12.6. The van der Waals surface area contributed by atoms with Crippen molar-refractivity contribution in [2.45, 2.75) is 13.8 Å². The van der Waals surface area contributed by atoms with Gasteiger partial charge >= 0.3 is 0 Å². The molecule has 1 heterocycles. The van der Waals surface area contributed by atoms with E-state index in [4.69, 9.17) is 5.11 Å².